The molecule has 0 radical (unpaired) electrons. The van der Waals surface area contributed by atoms with Crippen LogP contribution in [0.2, 0.25) is 0 Å². The van der Waals surface area contributed by atoms with E-state index < -0.39 is 65.4 Å². The van der Waals surface area contributed by atoms with Gasteiger partial charge >= 0.3 is 30.1 Å². The third-order valence-corrected chi connectivity index (χ3v) is 8.00. The maximum Gasteiger partial charge on any atom is 0.410 e. The molecule has 4 N–H and O–H groups in total. The van der Waals surface area contributed by atoms with Gasteiger partial charge in [0.25, 0.3) is 0 Å². The number of carboxylic acids is 1. The van der Waals surface area contributed by atoms with Gasteiger partial charge in [0, 0.05) is 40.5 Å². The number of likely N-dealkylation sites (N-methyl/N-ethyl adjacent to an activating group) is 2. The Bertz CT molecular complexity index is 1130. The number of nitrogens with two attached hydrogens (primary N) is 1. The van der Waals surface area contributed by atoms with Crippen LogP contribution in [0.3, 0.4) is 0 Å². The molecule has 2 aliphatic heterocycles. The molecule has 3 amide bonds. The van der Waals surface area contributed by atoms with Crippen molar-refractivity contribution >= 4 is 36.0 Å². The molecule has 0 unspecified atom stereocenters. The lowest BCUT2D eigenvalue weighted by atomic mass is 9.91. The number of ether oxygens (including phenoxy) is 6. The fraction of sp³-hybridized carbons (Fsp3) is 0.824. The lowest BCUT2D eigenvalue weighted by Crippen LogP contribution is -2.54. The third kappa shape index (κ3) is 18.4. The number of hydrogen-bond acceptors (Lipinski definition) is 13. The van der Waals surface area contributed by atoms with E-state index in [4.69, 9.17) is 34.5 Å². The van der Waals surface area contributed by atoms with Crippen LogP contribution in [0.25, 0.3) is 0 Å². The van der Waals surface area contributed by atoms with Crippen molar-refractivity contribution in [2.45, 2.75) is 116 Å². The average Bonchev–Trinajstić information content (AvgIpc) is 3.07. The minimum Gasteiger partial charge on any atom is -0.480 e. The van der Waals surface area contributed by atoms with Crippen LogP contribution in [-0.4, -0.2) is 141 Å². The molecule has 2 saturated heterocycles. The molecule has 2 heterocycles. The molecule has 2 fully saturated rings. The summed E-state index contributed by atoms with van der Waals surface area (Å²) in [6.07, 6.45) is 1.81. The van der Waals surface area contributed by atoms with Crippen molar-refractivity contribution in [3.8, 4) is 0 Å². The summed E-state index contributed by atoms with van der Waals surface area (Å²) in [6.45, 7) is 15.9. The minimum atomic E-state index is -1.06. The number of rotatable bonds is 9. The Kier molecular flexibility index (Phi) is 20.7. The molecule has 296 valence electrons. The summed E-state index contributed by atoms with van der Waals surface area (Å²) < 4.78 is 30.1. The molecule has 0 bridgehead atoms. The van der Waals surface area contributed by atoms with Crippen LogP contribution >= 0.6 is 0 Å². The summed E-state index contributed by atoms with van der Waals surface area (Å²) in [6, 6.07) is -2.90. The predicted molar refractivity (Wildman–Crippen MR) is 186 cm³/mol. The van der Waals surface area contributed by atoms with Gasteiger partial charge < -0.3 is 44.6 Å². The molecule has 0 saturated carbocycles. The summed E-state index contributed by atoms with van der Waals surface area (Å²) in [5.41, 5.74) is 4.41. The first kappa shape index (κ1) is 47.3. The van der Waals surface area contributed by atoms with Crippen LogP contribution in [0.5, 0.6) is 0 Å². The quantitative estimate of drug-likeness (QED) is 0.229. The summed E-state index contributed by atoms with van der Waals surface area (Å²) in [7, 11) is 5.53. The van der Waals surface area contributed by atoms with Crippen molar-refractivity contribution < 1.29 is 62.3 Å². The van der Waals surface area contributed by atoms with E-state index in [9.17, 15) is 28.8 Å². The summed E-state index contributed by atoms with van der Waals surface area (Å²) in [4.78, 5) is 71.9. The van der Waals surface area contributed by atoms with Crippen LogP contribution in [0.4, 0.5) is 9.59 Å². The first-order chi connectivity index (χ1) is 23.5. The first-order valence-corrected chi connectivity index (χ1v) is 17.0. The molecule has 2 rings (SSSR count). The van der Waals surface area contributed by atoms with Crippen LogP contribution in [0.1, 0.15) is 81.1 Å². The Hall–Kier alpha value is -3.70. The maximum atomic E-state index is 12.5. The Labute approximate surface area is 302 Å². The predicted octanol–water partition coefficient (Wildman–Crippen LogP) is 2.57. The van der Waals surface area contributed by atoms with Crippen molar-refractivity contribution in [3.05, 3.63) is 0 Å². The van der Waals surface area contributed by atoms with Crippen LogP contribution in [0, 0.1) is 11.8 Å². The molecule has 2 aliphatic rings. The zero-order chi connectivity index (χ0) is 39.7. The van der Waals surface area contributed by atoms with E-state index in [1.165, 1.54) is 40.1 Å². The van der Waals surface area contributed by atoms with Gasteiger partial charge in [0.15, 0.2) is 0 Å². The molecule has 17 nitrogen and oxygen atoms in total. The van der Waals surface area contributed by atoms with Gasteiger partial charge in [-0.15, -0.1) is 0 Å². The number of carbonyl (C=O) groups is 6. The lowest BCUT2D eigenvalue weighted by Gasteiger charge is -2.32. The molecule has 0 aromatic heterocycles. The summed E-state index contributed by atoms with van der Waals surface area (Å²) in [5, 5.41) is 11.4. The number of hydrogen-bond donors (Lipinski definition) is 3. The highest BCUT2D eigenvalue weighted by Crippen LogP contribution is 2.21. The smallest absolute Gasteiger partial charge is 0.410 e. The Balaban J connectivity index is 0.000000810. The molecule has 51 heavy (non-hydrogen) atoms. The number of nitrogens with one attached hydrogen (secondary N) is 1. The van der Waals surface area contributed by atoms with Crippen molar-refractivity contribution in [2.24, 2.45) is 17.6 Å². The normalized spacial score (nSPS) is 17.6. The van der Waals surface area contributed by atoms with Gasteiger partial charge in [-0.3, -0.25) is 19.4 Å². The lowest BCUT2D eigenvalue weighted by molar-refractivity contribution is -0.148. The Morgan fingerprint density at radius 1 is 0.706 bits per heavy atom. The SMILES string of the molecule is COC(=O)[C@@H](N)C1CCOCC1.COC(=O)[C@@H](NC(=O)[C@H](C)N(C)C(=O)OC(C)(C)C)C1CCOCC1.C[C@@H](C(=O)O)N(C)C(=O)OC(C)(C)C. The Morgan fingerprint density at radius 2 is 1.08 bits per heavy atom. The molecular formula is C34H62N4O13. The van der Waals surface area contributed by atoms with E-state index in [0.29, 0.717) is 39.3 Å². The monoisotopic (exact) mass is 734 g/mol. The Morgan fingerprint density at radius 3 is 1.43 bits per heavy atom. The number of methoxy groups -OCH3 is 2. The number of carbonyl (C=O) groups excluding carboxylic acids is 5. The van der Waals surface area contributed by atoms with Crippen LogP contribution in [0.15, 0.2) is 0 Å². The first-order valence-electron chi connectivity index (χ1n) is 17.0. The molecule has 0 aliphatic carbocycles. The van der Waals surface area contributed by atoms with Crippen molar-refractivity contribution in [1.82, 2.24) is 15.1 Å². The highest BCUT2D eigenvalue weighted by atomic mass is 16.6. The topological polar surface area (TPSA) is 223 Å². The van der Waals surface area contributed by atoms with E-state index >= 15 is 0 Å². The fourth-order valence-corrected chi connectivity index (χ4v) is 4.55. The van der Waals surface area contributed by atoms with E-state index in [1.807, 2.05) is 0 Å². The van der Waals surface area contributed by atoms with Crippen LogP contribution < -0.4 is 11.1 Å². The molecule has 0 spiro atoms. The van der Waals surface area contributed by atoms with Crippen molar-refractivity contribution in [2.75, 3.05) is 54.7 Å². The summed E-state index contributed by atoms with van der Waals surface area (Å²) >= 11 is 0. The van der Waals surface area contributed by atoms with E-state index in [1.54, 1.807) is 48.5 Å². The van der Waals surface area contributed by atoms with E-state index in [-0.39, 0.29) is 17.8 Å². The van der Waals surface area contributed by atoms with Gasteiger partial charge in [0.2, 0.25) is 5.91 Å². The van der Waals surface area contributed by atoms with Gasteiger partial charge in [-0.05, 0) is 92.9 Å². The second kappa shape index (κ2) is 22.3. The zero-order valence-corrected chi connectivity index (χ0v) is 32.4. The van der Waals surface area contributed by atoms with Crippen molar-refractivity contribution in [1.29, 1.82) is 0 Å². The number of esters is 2. The van der Waals surface area contributed by atoms with Gasteiger partial charge in [-0.25, -0.2) is 19.2 Å². The summed E-state index contributed by atoms with van der Waals surface area (Å²) in [5.74, 6) is -2.13. The second-order valence-corrected chi connectivity index (χ2v) is 14.3. The van der Waals surface area contributed by atoms with E-state index in [0.717, 1.165) is 17.7 Å². The van der Waals surface area contributed by atoms with Crippen LogP contribution in [-0.2, 0) is 47.6 Å². The van der Waals surface area contributed by atoms with E-state index in [2.05, 4.69) is 10.1 Å². The van der Waals surface area contributed by atoms with Crippen molar-refractivity contribution in [3.63, 3.8) is 0 Å². The van der Waals surface area contributed by atoms with Gasteiger partial charge in [-0.2, -0.15) is 0 Å². The van der Waals surface area contributed by atoms with Gasteiger partial charge in [0.05, 0.1) is 14.2 Å². The second-order valence-electron chi connectivity index (χ2n) is 14.3. The maximum absolute atomic E-state index is 12.5. The average molecular weight is 735 g/mol. The highest BCUT2D eigenvalue weighted by molar-refractivity contribution is 5.89. The largest absolute Gasteiger partial charge is 0.480 e. The number of carboxylic acid groups (broad SMARTS) is 1. The molecule has 0 aromatic carbocycles. The van der Waals surface area contributed by atoms with Gasteiger partial charge in [0.1, 0.15) is 35.4 Å². The minimum absolute atomic E-state index is 0.0517. The number of amides is 3. The highest BCUT2D eigenvalue weighted by Gasteiger charge is 2.35. The van der Waals surface area contributed by atoms with Gasteiger partial charge in [-0.1, -0.05) is 0 Å². The number of nitrogens with zero attached hydrogens (tertiary/aromatic N) is 2. The molecule has 0 aromatic rings. The number of aliphatic carboxylic acids is 1. The molecule has 4 atom stereocenters. The zero-order valence-electron chi connectivity index (χ0n) is 32.4. The third-order valence-electron chi connectivity index (χ3n) is 8.00. The molecular weight excluding hydrogens is 672 g/mol. The standard InChI is InChI=1S/C17H30N2O6.C9H17NO4.C8H15NO3/c1-11(19(5)16(22)25-17(2,3)4)14(20)18-13(15(21)23-6)12-7-9-24-10-8-12;1-6(7(11)12)10(5)8(13)14-9(2,3)4;1-11-8(10)7(9)6-2-4-12-5-3-6/h11-13H,7-10H2,1-6H3,(H,18,20);6H,1-5H3,(H,11,12);6-7H,2-5,9H2,1H3/t11-,13-;6-;7-/m000/s1. The fourth-order valence-electron chi connectivity index (χ4n) is 4.55. The molecule has 17 heteroatoms.